The molecule has 0 saturated carbocycles. The van der Waals surface area contributed by atoms with Crippen LogP contribution < -0.4 is 0 Å². The highest BCUT2D eigenvalue weighted by molar-refractivity contribution is 5.78. The van der Waals surface area contributed by atoms with Gasteiger partial charge in [0, 0.05) is 7.05 Å². The summed E-state index contributed by atoms with van der Waals surface area (Å²) < 4.78 is 7.67. The highest BCUT2D eigenvalue weighted by Crippen LogP contribution is 2.28. The maximum Gasteiger partial charge on any atom is 0.229 e. The van der Waals surface area contributed by atoms with Crippen molar-refractivity contribution in [3.8, 4) is 0 Å². The zero-order valence-electron chi connectivity index (χ0n) is 14.7. The third-order valence-corrected chi connectivity index (χ3v) is 4.68. The van der Waals surface area contributed by atoms with E-state index in [4.69, 9.17) is 4.74 Å². The predicted octanol–water partition coefficient (Wildman–Crippen LogP) is 1.96. The van der Waals surface area contributed by atoms with Gasteiger partial charge in [0.15, 0.2) is 0 Å². The summed E-state index contributed by atoms with van der Waals surface area (Å²) in [6.07, 6.45) is 1.88. The van der Waals surface area contributed by atoms with Crippen LogP contribution in [-0.4, -0.2) is 45.0 Å². The average Bonchev–Trinajstić information content (AvgIpc) is 2.95. The second kappa shape index (κ2) is 6.73. The molecule has 1 amide bonds. The molecule has 24 heavy (non-hydrogen) atoms. The monoisotopic (exact) mass is 328 g/mol. The topological polar surface area (TPSA) is 60.2 Å². The molecule has 1 fully saturated rings. The molecule has 1 aromatic carbocycles. The number of aromatic nitrogens is 3. The van der Waals surface area contributed by atoms with Gasteiger partial charge in [0.1, 0.15) is 6.10 Å². The molecular formula is C18H24N4O2. The first-order valence-corrected chi connectivity index (χ1v) is 8.27. The van der Waals surface area contributed by atoms with E-state index in [1.165, 1.54) is 16.7 Å². The van der Waals surface area contributed by atoms with Crippen molar-refractivity contribution in [1.29, 1.82) is 0 Å². The second-order valence-corrected chi connectivity index (χ2v) is 6.60. The standard InChI is InChI=1S/C18H24N4O2/c1-12-5-6-13(2)16(7-12)17-10-22(14(3)11-24-17)18(23)8-15-9-19-20-21(15)4/h5-7,9,14,17H,8,10-11H2,1-4H3. The molecule has 6 heteroatoms. The smallest absolute Gasteiger partial charge is 0.229 e. The predicted molar refractivity (Wildman–Crippen MR) is 90.5 cm³/mol. The van der Waals surface area contributed by atoms with Gasteiger partial charge in [-0.25, -0.2) is 0 Å². The lowest BCUT2D eigenvalue weighted by Gasteiger charge is -2.38. The van der Waals surface area contributed by atoms with Crippen LogP contribution in [0.25, 0.3) is 0 Å². The van der Waals surface area contributed by atoms with Crippen molar-refractivity contribution in [2.75, 3.05) is 13.2 Å². The highest BCUT2D eigenvalue weighted by Gasteiger charge is 2.31. The summed E-state index contributed by atoms with van der Waals surface area (Å²) in [6, 6.07) is 6.44. The van der Waals surface area contributed by atoms with Gasteiger partial charge in [-0.05, 0) is 31.9 Å². The Labute approximate surface area is 142 Å². The third-order valence-electron chi connectivity index (χ3n) is 4.68. The van der Waals surface area contributed by atoms with Gasteiger partial charge in [-0.15, -0.1) is 5.10 Å². The van der Waals surface area contributed by atoms with Crippen molar-refractivity contribution in [1.82, 2.24) is 19.9 Å². The van der Waals surface area contributed by atoms with E-state index in [1.807, 2.05) is 11.8 Å². The summed E-state index contributed by atoms with van der Waals surface area (Å²) in [4.78, 5) is 14.7. The fraction of sp³-hybridized carbons (Fsp3) is 0.500. The van der Waals surface area contributed by atoms with Crippen molar-refractivity contribution in [3.63, 3.8) is 0 Å². The lowest BCUT2D eigenvalue weighted by Crippen LogP contribution is -2.49. The van der Waals surface area contributed by atoms with Crippen molar-refractivity contribution in [2.45, 2.75) is 39.3 Å². The maximum atomic E-state index is 12.8. The Morgan fingerprint density at radius 3 is 2.88 bits per heavy atom. The number of carbonyl (C=O) groups is 1. The number of morpholine rings is 1. The van der Waals surface area contributed by atoms with Crippen LogP contribution >= 0.6 is 0 Å². The molecule has 1 saturated heterocycles. The highest BCUT2D eigenvalue weighted by atomic mass is 16.5. The van der Waals surface area contributed by atoms with E-state index >= 15 is 0 Å². The lowest BCUT2D eigenvalue weighted by molar-refractivity contribution is -0.143. The number of amides is 1. The van der Waals surface area contributed by atoms with Gasteiger partial charge >= 0.3 is 0 Å². The SMILES string of the molecule is Cc1ccc(C)c(C2CN(C(=O)Cc3cnnn3C)C(C)CO2)c1. The quantitative estimate of drug-likeness (QED) is 0.864. The first-order valence-electron chi connectivity index (χ1n) is 8.27. The summed E-state index contributed by atoms with van der Waals surface area (Å²) in [7, 11) is 1.80. The minimum Gasteiger partial charge on any atom is -0.370 e. The van der Waals surface area contributed by atoms with Gasteiger partial charge in [0.25, 0.3) is 0 Å². The molecule has 2 heterocycles. The second-order valence-electron chi connectivity index (χ2n) is 6.60. The van der Waals surface area contributed by atoms with Crippen LogP contribution in [0.5, 0.6) is 0 Å². The molecule has 0 bridgehead atoms. The molecule has 0 spiro atoms. The van der Waals surface area contributed by atoms with E-state index in [0.717, 1.165) is 5.69 Å². The van der Waals surface area contributed by atoms with E-state index in [1.54, 1.807) is 17.9 Å². The number of ether oxygens (including phenoxy) is 1. The Hall–Kier alpha value is -2.21. The third kappa shape index (κ3) is 3.33. The summed E-state index contributed by atoms with van der Waals surface area (Å²) in [6.45, 7) is 7.32. The van der Waals surface area contributed by atoms with E-state index in [2.05, 4.69) is 42.4 Å². The van der Waals surface area contributed by atoms with Crippen LogP contribution in [0.4, 0.5) is 0 Å². The van der Waals surface area contributed by atoms with E-state index in [0.29, 0.717) is 19.6 Å². The van der Waals surface area contributed by atoms with Crippen LogP contribution in [0.15, 0.2) is 24.4 Å². The lowest BCUT2D eigenvalue weighted by atomic mass is 9.98. The fourth-order valence-electron chi connectivity index (χ4n) is 3.13. The summed E-state index contributed by atoms with van der Waals surface area (Å²) in [5.74, 6) is 0.0894. The molecule has 3 rings (SSSR count). The summed E-state index contributed by atoms with van der Waals surface area (Å²) >= 11 is 0. The molecule has 128 valence electrons. The number of benzene rings is 1. The van der Waals surface area contributed by atoms with Crippen LogP contribution in [0, 0.1) is 13.8 Å². The molecule has 6 nitrogen and oxygen atoms in total. The van der Waals surface area contributed by atoms with E-state index in [-0.39, 0.29) is 18.1 Å². The molecule has 0 aliphatic carbocycles. The number of nitrogens with zero attached hydrogens (tertiary/aromatic N) is 4. The van der Waals surface area contributed by atoms with Crippen molar-refractivity contribution >= 4 is 5.91 Å². The molecule has 2 atom stereocenters. The van der Waals surface area contributed by atoms with Gasteiger partial charge in [0.05, 0.1) is 37.5 Å². The minimum absolute atomic E-state index is 0.0695. The Balaban J connectivity index is 1.77. The van der Waals surface area contributed by atoms with Gasteiger partial charge in [-0.3, -0.25) is 9.48 Å². The van der Waals surface area contributed by atoms with Gasteiger partial charge < -0.3 is 9.64 Å². The summed E-state index contributed by atoms with van der Waals surface area (Å²) in [5.41, 5.74) is 4.39. The Kier molecular flexibility index (Phi) is 4.66. The Morgan fingerprint density at radius 2 is 2.17 bits per heavy atom. The molecule has 2 unspecified atom stereocenters. The first kappa shape index (κ1) is 16.6. The van der Waals surface area contributed by atoms with Crippen LogP contribution in [0.3, 0.4) is 0 Å². The molecular weight excluding hydrogens is 304 g/mol. The molecule has 1 aromatic heterocycles. The van der Waals surface area contributed by atoms with Gasteiger partial charge in [-0.1, -0.05) is 29.0 Å². The van der Waals surface area contributed by atoms with Crippen molar-refractivity contribution < 1.29 is 9.53 Å². The summed E-state index contributed by atoms with van der Waals surface area (Å²) in [5, 5.41) is 7.73. The number of aryl methyl sites for hydroxylation is 3. The molecule has 0 N–H and O–H groups in total. The normalized spacial score (nSPS) is 21.1. The van der Waals surface area contributed by atoms with Crippen LogP contribution in [-0.2, 0) is 23.0 Å². The van der Waals surface area contributed by atoms with E-state index in [9.17, 15) is 4.79 Å². The zero-order valence-corrected chi connectivity index (χ0v) is 14.7. The number of hydrogen-bond donors (Lipinski definition) is 0. The zero-order chi connectivity index (χ0) is 17.3. The minimum atomic E-state index is -0.0743. The number of hydrogen-bond acceptors (Lipinski definition) is 4. The molecule has 2 aromatic rings. The fourth-order valence-corrected chi connectivity index (χ4v) is 3.13. The van der Waals surface area contributed by atoms with E-state index < -0.39 is 0 Å². The number of rotatable bonds is 3. The van der Waals surface area contributed by atoms with Crippen molar-refractivity contribution in [2.24, 2.45) is 7.05 Å². The van der Waals surface area contributed by atoms with Crippen LogP contribution in [0.1, 0.15) is 35.4 Å². The van der Waals surface area contributed by atoms with Gasteiger partial charge in [-0.2, -0.15) is 0 Å². The largest absolute Gasteiger partial charge is 0.370 e. The molecule has 0 radical (unpaired) electrons. The molecule has 1 aliphatic heterocycles. The number of carbonyl (C=O) groups excluding carboxylic acids is 1. The Bertz CT molecular complexity index is 740. The molecule has 1 aliphatic rings. The van der Waals surface area contributed by atoms with Gasteiger partial charge in [0.2, 0.25) is 5.91 Å². The Morgan fingerprint density at radius 1 is 1.38 bits per heavy atom. The van der Waals surface area contributed by atoms with Crippen molar-refractivity contribution in [3.05, 3.63) is 46.8 Å². The average molecular weight is 328 g/mol. The first-order chi connectivity index (χ1) is 11.5. The maximum absolute atomic E-state index is 12.8. The van der Waals surface area contributed by atoms with Crippen LogP contribution in [0.2, 0.25) is 0 Å².